The first-order valence-corrected chi connectivity index (χ1v) is 6.89. The van der Waals surface area contributed by atoms with Crippen LogP contribution >= 0.6 is 0 Å². The fraction of sp³-hybridized carbons (Fsp3) is 0.833. The molecule has 0 fully saturated rings. The first kappa shape index (κ1) is 18.8. The highest BCUT2D eigenvalue weighted by molar-refractivity contribution is 5.67. The molecule has 0 aromatic rings. The van der Waals surface area contributed by atoms with E-state index in [2.05, 4.69) is 21.3 Å². The van der Waals surface area contributed by atoms with Crippen molar-refractivity contribution in [1.29, 1.82) is 0 Å². The zero-order valence-electron chi connectivity index (χ0n) is 11.8. The second kappa shape index (κ2) is 14.2. The number of carboxylic acid groups (broad SMARTS) is 2. The molecule has 0 aliphatic carbocycles. The molecule has 0 rings (SSSR count). The number of nitrogens with one attached hydrogen (secondary N) is 4. The van der Waals surface area contributed by atoms with Gasteiger partial charge in [-0.3, -0.25) is 9.59 Å². The molecule has 0 aliphatic heterocycles. The third kappa shape index (κ3) is 16.8. The smallest absolute Gasteiger partial charge is 0.304 e. The molecule has 0 spiro atoms. The molecule has 0 atom stereocenters. The summed E-state index contributed by atoms with van der Waals surface area (Å²) < 4.78 is 0. The van der Waals surface area contributed by atoms with Crippen LogP contribution in [0.2, 0.25) is 0 Å². The minimum absolute atomic E-state index is 0.149. The molecule has 8 heteroatoms. The summed E-state index contributed by atoms with van der Waals surface area (Å²) in [5.74, 6) is -1.57. The Morgan fingerprint density at radius 2 is 0.800 bits per heavy atom. The number of aliphatic carboxylic acids is 2. The lowest BCUT2D eigenvalue weighted by atomic mass is 10.4. The molecule has 0 bridgehead atoms. The maximum atomic E-state index is 10.2. The molecule has 0 radical (unpaired) electrons. The Morgan fingerprint density at radius 1 is 0.550 bits per heavy atom. The highest BCUT2D eigenvalue weighted by Crippen LogP contribution is 1.74. The van der Waals surface area contributed by atoms with Crippen LogP contribution in [0, 0.1) is 0 Å². The van der Waals surface area contributed by atoms with Gasteiger partial charge in [-0.15, -0.1) is 0 Å². The Morgan fingerprint density at radius 3 is 1.05 bits per heavy atom. The Bertz CT molecular complexity index is 238. The summed E-state index contributed by atoms with van der Waals surface area (Å²) in [5, 5.41) is 29.3. The number of carbonyl (C=O) groups is 2. The fourth-order valence-corrected chi connectivity index (χ4v) is 1.42. The van der Waals surface area contributed by atoms with Crippen molar-refractivity contribution >= 4 is 11.9 Å². The van der Waals surface area contributed by atoms with Gasteiger partial charge in [-0.05, 0) is 0 Å². The molecule has 6 N–H and O–H groups in total. The van der Waals surface area contributed by atoms with Crippen molar-refractivity contribution < 1.29 is 19.8 Å². The second-order valence-electron chi connectivity index (χ2n) is 4.29. The van der Waals surface area contributed by atoms with Gasteiger partial charge in [0.15, 0.2) is 0 Å². The third-order valence-corrected chi connectivity index (χ3v) is 2.47. The molecule has 8 nitrogen and oxygen atoms in total. The maximum absolute atomic E-state index is 10.2. The van der Waals surface area contributed by atoms with Gasteiger partial charge in [0.2, 0.25) is 0 Å². The van der Waals surface area contributed by atoms with Crippen LogP contribution in [0.1, 0.15) is 12.8 Å². The monoisotopic (exact) mass is 290 g/mol. The number of carboxylic acids is 2. The topological polar surface area (TPSA) is 123 Å². The van der Waals surface area contributed by atoms with E-state index in [-0.39, 0.29) is 12.8 Å². The lowest BCUT2D eigenvalue weighted by Crippen LogP contribution is -2.35. The van der Waals surface area contributed by atoms with Crippen molar-refractivity contribution in [2.75, 3.05) is 52.4 Å². The minimum Gasteiger partial charge on any atom is -0.481 e. The SMILES string of the molecule is O=C(O)CCNCCNCCNCCNCCC(=O)O. The van der Waals surface area contributed by atoms with E-state index < -0.39 is 11.9 Å². The lowest BCUT2D eigenvalue weighted by Gasteiger charge is -2.07. The van der Waals surface area contributed by atoms with Crippen molar-refractivity contribution in [3.63, 3.8) is 0 Å². The van der Waals surface area contributed by atoms with Gasteiger partial charge in [0.25, 0.3) is 0 Å². The Labute approximate surface area is 119 Å². The fourth-order valence-electron chi connectivity index (χ4n) is 1.42. The standard InChI is InChI=1S/C12H26N4O4/c17-11(18)1-3-13-5-7-15-9-10-16-8-6-14-4-2-12(19)20/h13-16H,1-10H2,(H,17,18)(H,19,20). The molecule has 0 saturated carbocycles. The highest BCUT2D eigenvalue weighted by Gasteiger charge is 1.95. The van der Waals surface area contributed by atoms with Crippen LogP contribution in [-0.2, 0) is 9.59 Å². The van der Waals surface area contributed by atoms with Gasteiger partial charge in [-0.1, -0.05) is 0 Å². The molecule has 118 valence electrons. The first-order valence-electron chi connectivity index (χ1n) is 6.89. The van der Waals surface area contributed by atoms with Crippen LogP contribution in [-0.4, -0.2) is 74.5 Å². The van der Waals surface area contributed by atoms with E-state index in [0.29, 0.717) is 13.1 Å². The van der Waals surface area contributed by atoms with Crippen LogP contribution in [0.15, 0.2) is 0 Å². The van der Waals surface area contributed by atoms with Crippen molar-refractivity contribution in [1.82, 2.24) is 21.3 Å². The molecule has 0 amide bonds. The Hall–Kier alpha value is -1.22. The highest BCUT2D eigenvalue weighted by atomic mass is 16.4. The minimum atomic E-state index is -0.786. The molecule has 0 aromatic heterocycles. The molecular formula is C12H26N4O4. The van der Waals surface area contributed by atoms with Gasteiger partial charge in [0.05, 0.1) is 12.8 Å². The van der Waals surface area contributed by atoms with E-state index in [9.17, 15) is 9.59 Å². The molecule has 0 aromatic carbocycles. The zero-order valence-corrected chi connectivity index (χ0v) is 11.8. The molecular weight excluding hydrogens is 264 g/mol. The van der Waals surface area contributed by atoms with E-state index >= 15 is 0 Å². The van der Waals surface area contributed by atoms with Crippen molar-refractivity contribution in [2.45, 2.75) is 12.8 Å². The lowest BCUT2D eigenvalue weighted by molar-refractivity contribution is -0.137. The summed E-state index contributed by atoms with van der Waals surface area (Å²) in [6.45, 7) is 5.80. The van der Waals surface area contributed by atoms with Crippen molar-refractivity contribution in [2.24, 2.45) is 0 Å². The van der Waals surface area contributed by atoms with E-state index in [1.807, 2.05) is 0 Å². The summed E-state index contributed by atoms with van der Waals surface area (Å²) in [5.41, 5.74) is 0. The molecule has 20 heavy (non-hydrogen) atoms. The predicted octanol–water partition coefficient (Wildman–Crippen LogP) is -1.71. The Balaban J connectivity index is 2.99. The van der Waals surface area contributed by atoms with E-state index in [4.69, 9.17) is 10.2 Å². The largest absolute Gasteiger partial charge is 0.481 e. The van der Waals surface area contributed by atoms with Crippen LogP contribution in [0.4, 0.5) is 0 Å². The average Bonchev–Trinajstić information content (AvgIpc) is 2.38. The van der Waals surface area contributed by atoms with Crippen LogP contribution in [0.5, 0.6) is 0 Å². The van der Waals surface area contributed by atoms with Gasteiger partial charge < -0.3 is 31.5 Å². The van der Waals surface area contributed by atoms with Gasteiger partial charge in [-0.2, -0.15) is 0 Å². The summed E-state index contributed by atoms with van der Waals surface area (Å²) >= 11 is 0. The van der Waals surface area contributed by atoms with Gasteiger partial charge in [0, 0.05) is 52.4 Å². The molecule has 0 aliphatic rings. The second-order valence-corrected chi connectivity index (χ2v) is 4.29. The number of rotatable bonds is 15. The van der Waals surface area contributed by atoms with Gasteiger partial charge in [0.1, 0.15) is 0 Å². The normalized spacial score (nSPS) is 10.6. The summed E-state index contributed by atoms with van der Waals surface area (Å²) in [7, 11) is 0. The third-order valence-electron chi connectivity index (χ3n) is 2.47. The summed E-state index contributed by atoms with van der Waals surface area (Å²) in [4.78, 5) is 20.5. The van der Waals surface area contributed by atoms with E-state index in [1.165, 1.54) is 0 Å². The molecule has 0 saturated heterocycles. The Kier molecular flexibility index (Phi) is 13.3. The molecule has 0 heterocycles. The molecule has 0 unspecified atom stereocenters. The van der Waals surface area contributed by atoms with Crippen molar-refractivity contribution in [3.8, 4) is 0 Å². The van der Waals surface area contributed by atoms with Crippen LogP contribution in [0.25, 0.3) is 0 Å². The quantitative estimate of drug-likeness (QED) is 0.197. The van der Waals surface area contributed by atoms with E-state index in [1.54, 1.807) is 0 Å². The zero-order chi connectivity index (χ0) is 15.1. The van der Waals surface area contributed by atoms with Gasteiger partial charge in [-0.25, -0.2) is 0 Å². The van der Waals surface area contributed by atoms with E-state index in [0.717, 1.165) is 39.3 Å². The van der Waals surface area contributed by atoms with Gasteiger partial charge >= 0.3 is 11.9 Å². The number of hydrogen-bond donors (Lipinski definition) is 6. The predicted molar refractivity (Wildman–Crippen MR) is 76.0 cm³/mol. The maximum Gasteiger partial charge on any atom is 0.304 e. The first-order chi connectivity index (χ1) is 9.63. The number of hydrogen-bond acceptors (Lipinski definition) is 6. The summed E-state index contributed by atoms with van der Waals surface area (Å²) in [6, 6.07) is 0. The summed E-state index contributed by atoms with van der Waals surface area (Å²) in [6.07, 6.45) is 0.298. The van der Waals surface area contributed by atoms with Crippen LogP contribution in [0.3, 0.4) is 0 Å². The van der Waals surface area contributed by atoms with Crippen LogP contribution < -0.4 is 21.3 Å². The average molecular weight is 290 g/mol. The van der Waals surface area contributed by atoms with Crippen molar-refractivity contribution in [3.05, 3.63) is 0 Å².